The number of nitrogens with zero attached hydrogens (tertiary/aromatic N) is 6. The second-order valence-electron chi connectivity index (χ2n) is 18.4. The number of nitrogens with one attached hydrogen (secondary N) is 1. The Labute approximate surface area is 373 Å². The van der Waals surface area contributed by atoms with Crippen molar-refractivity contribution in [3.8, 4) is 11.5 Å². The van der Waals surface area contributed by atoms with Crippen molar-refractivity contribution in [1.82, 2.24) is 20.0 Å². The molecule has 0 aliphatic carbocycles. The second kappa shape index (κ2) is 17.9. The van der Waals surface area contributed by atoms with E-state index >= 15 is 4.39 Å². The highest BCUT2D eigenvalue weighted by Crippen LogP contribution is 2.54. The fourth-order valence-electron chi connectivity index (χ4n) is 11.2. The number of rotatable bonds is 12. The summed E-state index contributed by atoms with van der Waals surface area (Å²) >= 11 is 0. The summed E-state index contributed by atoms with van der Waals surface area (Å²) in [4.78, 5) is 63.4. The molecule has 64 heavy (non-hydrogen) atoms. The molecule has 0 bridgehead atoms. The van der Waals surface area contributed by atoms with E-state index in [1.165, 1.54) is 37.3 Å². The van der Waals surface area contributed by atoms with Gasteiger partial charge in [-0.3, -0.25) is 29.4 Å². The van der Waals surface area contributed by atoms with E-state index in [2.05, 4.69) is 31.0 Å². The fourth-order valence-corrected chi connectivity index (χ4v) is 11.2. The van der Waals surface area contributed by atoms with Gasteiger partial charge in [-0.15, -0.1) is 0 Å². The zero-order valence-electron chi connectivity index (χ0n) is 37.0. The number of hydrogen-bond acceptors (Lipinski definition) is 11. The largest absolute Gasteiger partial charge is 0.503 e. The summed E-state index contributed by atoms with van der Waals surface area (Å²) in [7, 11) is 2.93. The number of aromatic hydroxyl groups is 1. The van der Waals surface area contributed by atoms with E-state index in [0.29, 0.717) is 60.5 Å². The van der Waals surface area contributed by atoms with Crippen molar-refractivity contribution in [3.05, 3.63) is 76.9 Å². The third kappa shape index (κ3) is 7.95. The van der Waals surface area contributed by atoms with Gasteiger partial charge in [-0.1, -0.05) is 13.0 Å². The standard InChI is InChI=1S/C48H59F2N7O7/c1-4-48(64-3)44(57(47(48)62)38-7-5-6-36(49)43(38)59)35-25-37(50)40(26-41(35)63-2)55-18-14-31(15-19-55)28-53-22-20-52(21-23-53)27-30-12-16-54(17-13-30)33-8-9-34-32(24-33)29-56(46(34)61)39-10-11-42(58)51-45(39)60/h5-9,24-26,30-31,39,44,59H,4,10-23,27-29H2,1-3H3,(H,51,58,60)/t39?,44-,48-/m0/s1. The first-order chi connectivity index (χ1) is 30.9. The third-order valence-electron chi connectivity index (χ3n) is 14.9. The van der Waals surface area contributed by atoms with E-state index < -0.39 is 41.0 Å². The number of β-lactam (4-membered cyclic amide) rings is 1. The molecule has 5 saturated heterocycles. The molecular formula is C48H59F2N7O7. The molecule has 1 unspecified atom stereocenters. The molecule has 6 aliphatic rings. The number of halogens is 2. The van der Waals surface area contributed by atoms with E-state index in [4.69, 9.17) is 9.47 Å². The molecule has 6 aliphatic heterocycles. The maximum absolute atomic E-state index is 16.2. The van der Waals surface area contributed by atoms with Crippen LogP contribution in [-0.2, 0) is 25.7 Å². The number of para-hydroxylation sites is 1. The average Bonchev–Trinajstić information content (AvgIpc) is 3.63. The predicted octanol–water partition coefficient (Wildman–Crippen LogP) is 5.07. The normalized spacial score (nSPS) is 25.2. The van der Waals surface area contributed by atoms with Gasteiger partial charge < -0.3 is 39.1 Å². The molecular weight excluding hydrogens is 825 g/mol. The molecule has 14 nitrogen and oxygen atoms in total. The fraction of sp³-hybridized carbons (Fsp3) is 0.542. The van der Waals surface area contributed by atoms with Gasteiger partial charge >= 0.3 is 0 Å². The number of amides is 4. The Morgan fingerprint density at radius 3 is 2.05 bits per heavy atom. The lowest BCUT2D eigenvalue weighted by Gasteiger charge is -2.55. The quantitative estimate of drug-likeness (QED) is 0.186. The van der Waals surface area contributed by atoms with Crippen LogP contribution in [0.4, 0.5) is 25.8 Å². The van der Waals surface area contributed by atoms with Crippen LogP contribution in [0.3, 0.4) is 0 Å². The minimum Gasteiger partial charge on any atom is -0.503 e. The summed E-state index contributed by atoms with van der Waals surface area (Å²) in [6.07, 6.45) is 4.97. The molecule has 4 amide bonds. The van der Waals surface area contributed by atoms with Crippen molar-refractivity contribution in [2.24, 2.45) is 11.8 Å². The van der Waals surface area contributed by atoms with Crippen LogP contribution in [0.15, 0.2) is 48.5 Å². The van der Waals surface area contributed by atoms with Crippen LogP contribution in [0.2, 0.25) is 0 Å². The maximum Gasteiger partial charge on any atom is 0.262 e. The summed E-state index contributed by atoms with van der Waals surface area (Å²) in [6.45, 7) is 11.8. The lowest BCUT2D eigenvalue weighted by atomic mass is 9.75. The van der Waals surface area contributed by atoms with Gasteiger partial charge in [0, 0.05) is 108 Å². The first-order valence-electron chi connectivity index (χ1n) is 22.9. The highest BCUT2D eigenvalue weighted by molar-refractivity contribution is 6.09. The molecule has 0 radical (unpaired) electrons. The van der Waals surface area contributed by atoms with Crippen LogP contribution < -0.4 is 24.8 Å². The topological polar surface area (TPSA) is 138 Å². The van der Waals surface area contributed by atoms with Gasteiger partial charge in [-0.25, -0.2) is 8.78 Å². The van der Waals surface area contributed by atoms with Crippen LogP contribution >= 0.6 is 0 Å². The van der Waals surface area contributed by atoms with Crippen LogP contribution in [-0.4, -0.2) is 135 Å². The summed E-state index contributed by atoms with van der Waals surface area (Å²) in [5.74, 6) is -1.71. The van der Waals surface area contributed by atoms with E-state index in [-0.39, 0.29) is 36.3 Å². The molecule has 3 atom stereocenters. The van der Waals surface area contributed by atoms with E-state index in [1.807, 2.05) is 12.1 Å². The number of benzene rings is 3. The highest BCUT2D eigenvalue weighted by Gasteiger charge is 2.63. The molecule has 0 spiro atoms. The number of carbonyl (C=O) groups excluding carboxylic acids is 4. The molecule has 2 N–H and O–H groups in total. The van der Waals surface area contributed by atoms with E-state index in [9.17, 15) is 28.7 Å². The maximum atomic E-state index is 16.2. The number of fused-ring (bicyclic) bond motifs is 1. The van der Waals surface area contributed by atoms with Crippen molar-refractivity contribution >= 4 is 40.7 Å². The number of piperazine rings is 1. The SMILES string of the molecule is CC[C@@]1(OC)C(=O)N(c2cccc(F)c2O)[C@H]1c1cc(F)c(N2CCC(CN3CCN(CC4CCN(c5ccc6c(c5)CN(C5CCC(=O)NC5=O)C6=O)CC4)CC3)CC2)cc1OC. The predicted molar refractivity (Wildman–Crippen MR) is 237 cm³/mol. The Morgan fingerprint density at radius 1 is 0.781 bits per heavy atom. The molecule has 0 saturated carbocycles. The highest BCUT2D eigenvalue weighted by atomic mass is 19.1. The molecule has 3 aromatic rings. The Morgan fingerprint density at radius 2 is 1.44 bits per heavy atom. The Kier molecular flexibility index (Phi) is 12.3. The Hall–Kier alpha value is -5.32. The van der Waals surface area contributed by atoms with Gasteiger partial charge in [0.2, 0.25) is 11.8 Å². The minimum atomic E-state index is -1.34. The van der Waals surface area contributed by atoms with Gasteiger partial charge in [-0.05, 0) is 92.3 Å². The van der Waals surface area contributed by atoms with Gasteiger partial charge in [-0.2, -0.15) is 0 Å². The summed E-state index contributed by atoms with van der Waals surface area (Å²) in [5.41, 5.74) is 2.16. The number of hydrogen-bond donors (Lipinski definition) is 2. The molecule has 16 heteroatoms. The average molecular weight is 884 g/mol. The molecule has 5 fully saturated rings. The van der Waals surface area contributed by atoms with E-state index in [0.717, 1.165) is 95.4 Å². The van der Waals surface area contributed by atoms with Crippen molar-refractivity contribution in [2.45, 2.75) is 76.1 Å². The van der Waals surface area contributed by atoms with Crippen molar-refractivity contribution < 1.29 is 42.5 Å². The first-order valence-corrected chi connectivity index (χ1v) is 22.9. The number of imide groups is 1. The van der Waals surface area contributed by atoms with Gasteiger partial charge in [0.15, 0.2) is 17.2 Å². The van der Waals surface area contributed by atoms with E-state index in [1.54, 1.807) is 17.9 Å². The van der Waals surface area contributed by atoms with Crippen LogP contribution in [0.1, 0.15) is 79.4 Å². The first kappa shape index (κ1) is 43.9. The van der Waals surface area contributed by atoms with Crippen LogP contribution in [0.25, 0.3) is 0 Å². The summed E-state index contributed by atoms with van der Waals surface area (Å²) < 4.78 is 42.3. The molecule has 342 valence electrons. The smallest absolute Gasteiger partial charge is 0.262 e. The van der Waals surface area contributed by atoms with Crippen molar-refractivity contribution in [3.63, 3.8) is 0 Å². The number of phenolic OH excluding ortho intramolecular Hbond substituents is 1. The zero-order chi connectivity index (χ0) is 44.9. The summed E-state index contributed by atoms with van der Waals surface area (Å²) in [6, 6.07) is 11.6. The third-order valence-corrected chi connectivity index (χ3v) is 14.9. The number of anilines is 3. The summed E-state index contributed by atoms with van der Waals surface area (Å²) in [5, 5.41) is 13.0. The van der Waals surface area contributed by atoms with Gasteiger partial charge in [0.25, 0.3) is 11.8 Å². The molecule has 3 aromatic carbocycles. The number of carbonyl (C=O) groups is 4. The molecule has 0 aromatic heterocycles. The molecule has 9 rings (SSSR count). The Bertz CT molecular complexity index is 2290. The Balaban J connectivity index is 0.738. The monoisotopic (exact) mass is 883 g/mol. The number of ether oxygens (including phenoxy) is 2. The number of methoxy groups -OCH3 is 2. The second-order valence-corrected chi connectivity index (χ2v) is 18.4. The van der Waals surface area contributed by atoms with Gasteiger partial charge in [0.1, 0.15) is 23.7 Å². The lowest BCUT2D eigenvalue weighted by molar-refractivity contribution is -0.160. The van der Waals surface area contributed by atoms with Gasteiger partial charge in [0.05, 0.1) is 18.5 Å². The van der Waals surface area contributed by atoms with Crippen LogP contribution in [0.5, 0.6) is 11.5 Å². The van der Waals surface area contributed by atoms with Crippen molar-refractivity contribution in [2.75, 3.05) is 94.4 Å². The van der Waals surface area contributed by atoms with Crippen LogP contribution in [0, 0.1) is 23.5 Å². The lowest BCUT2D eigenvalue weighted by Crippen LogP contribution is -2.69. The number of phenols is 1. The number of piperidine rings is 3. The van der Waals surface area contributed by atoms with Crippen molar-refractivity contribution in [1.29, 1.82) is 0 Å². The molecule has 6 heterocycles. The minimum absolute atomic E-state index is 0.0129. The zero-order valence-corrected chi connectivity index (χ0v) is 37.0.